The molecule has 1 saturated carbocycles. The molecule has 0 amide bonds. The Morgan fingerprint density at radius 3 is 2.67 bits per heavy atom. The van der Waals surface area contributed by atoms with Crippen molar-refractivity contribution in [1.29, 1.82) is 0 Å². The number of anilines is 1. The van der Waals surface area contributed by atoms with E-state index in [0.717, 1.165) is 5.89 Å². The first-order valence-corrected chi connectivity index (χ1v) is 5.41. The van der Waals surface area contributed by atoms with Gasteiger partial charge in [-0.25, -0.2) is 0 Å². The summed E-state index contributed by atoms with van der Waals surface area (Å²) in [5, 5.41) is 0. The zero-order chi connectivity index (χ0) is 10.4. The number of nitrogens with two attached hydrogens (primary N) is 1. The highest BCUT2D eigenvalue weighted by molar-refractivity contribution is 5.82. The second kappa shape index (κ2) is 3.02. The van der Waals surface area contributed by atoms with Crippen LogP contribution in [0.25, 0.3) is 11.3 Å². The molecule has 0 atom stereocenters. The molecule has 2 heterocycles. The molecule has 3 rings (SSSR count). The molecular weight excluding hydrogens is 192 g/mol. The predicted molar refractivity (Wildman–Crippen MR) is 56.6 cm³/mol. The van der Waals surface area contributed by atoms with Crippen LogP contribution < -0.4 is 5.73 Å². The van der Waals surface area contributed by atoms with Crippen molar-refractivity contribution in [3.63, 3.8) is 0 Å². The van der Waals surface area contributed by atoms with Crippen molar-refractivity contribution in [3.8, 4) is 0 Å². The van der Waals surface area contributed by atoms with Crippen molar-refractivity contribution in [2.24, 2.45) is 0 Å². The first-order chi connectivity index (χ1) is 7.25. The van der Waals surface area contributed by atoms with Gasteiger partial charge in [-0.3, -0.25) is 0 Å². The van der Waals surface area contributed by atoms with E-state index in [-0.39, 0.29) is 0 Å². The van der Waals surface area contributed by atoms with E-state index in [9.17, 15) is 0 Å². The first-order valence-electron chi connectivity index (χ1n) is 5.41. The molecule has 2 aromatic heterocycles. The third kappa shape index (κ3) is 1.24. The minimum atomic E-state index is 0.465. The van der Waals surface area contributed by atoms with E-state index in [1.54, 1.807) is 0 Å². The number of hydrogen-bond donors (Lipinski definition) is 1. The van der Waals surface area contributed by atoms with Gasteiger partial charge in [-0.05, 0) is 19.8 Å². The van der Waals surface area contributed by atoms with E-state index >= 15 is 0 Å². The smallest absolute Gasteiger partial charge is 0.268 e. The number of oxazole rings is 1. The fourth-order valence-electron chi connectivity index (χ4n) is 2.27. The normalized spacial score (nSPS) is 17.9. The highest BCUT2D eigenvalue weighted by atomic mass is 16.4. The Bertz CT molecular complexity index is 492. The van der Waals surface area contributed by atoms with E-state index in [1.165, 1.54) is 25.7 Å². The molecule has 0 aromatic carbocycles. The molecule has 0 spiro atoms. The minimum Gasteiger partial charge on any atom is -0.438 e. The van der Waals surface area contributed by atoms with Gasteiger partial charge in [0.2, 0.25) is 11.5 Å². The molecule has 4 heteroatoms. The minimum absolute atomic E-state index is 0.465. The van der Waals surface area contributed by atoms with Crippen molar-refractivity contribution in [2.45, 2.75) is 38.5 Å². The van der Waals surface area contributed by atoms with Gasteiger partial charge in [0.1, 0.15) is 11.4 Å². The van der Waals surface area contributed by atoms with Crippen LogP contribution in [0.5, 0.6) is 0 Å². The zero-order valence-electron chi connectivity index (χ0n) is 8.75. The van der Waals surface area contributed by atoms with Gasteiger partial charge in [0.05, 0.1) is 0 Å². The number of nitrogen functional groups attached to an aromatic ring is 1. The number of furan rings is 1. The molecule has 80 valence electrons. The Morgan fingerprint density at radius 2 is 2.00 bits per heavy atom. The second-order valence-electron chi connectivity index (χ2n) is 4.24. The average Bonchev–Trinajstić information content (AvgIpc) is 2.86. The highest BCUT2D eigenvalue weighted by Gasteiger charge is 2.24. The van der Waals surface area contributed by atoms with Gasteiger partial charge >= 0.3 is 0 Å². The topological polar surface area (TPSA) is 65.2 Å². The summed E-state index contributed by atoms with van der Waals surface area (Å²) < 4.78 is 11.1. The Morgan fingerprint density at radius 1 is 1.27 bits per heavy atom. The molecule has 1 aliphatic carbocycles. The number of rotatable bonds is 1. The van der Waals surface area contributed by atoms with Crippen LogP contribution in [0.1, 0.15) is 43.3 Å². The fraction of sp³-hybridized carbons (Fsp3) is 0.545. The summed E-state index contributed by atoms with van der Waals surface area (Å²) in [6.07, 6.45) is 4.87. The third-order valence-electron chi connectivity index (χ3n) is 3.19. The molecule has 0 unspecified atom stereocenters. The molecule has 0 radical (unpaired) electrons. The van der Waals surface area contributed by atoms with Gasteiger partial charge in [0.15, 0.2) is 0 Å². The molecule has 1 aliphatic rings. The molecular formula is C11H14N2O2. The molecule has 2 N–H and O–H groups in total. The maximum Gasteiger partial charge on any atom is 0.268 e. The van der Waals surface area contributed by atoms with Crippen molar-refractivity contribution in [1.82, 2.24) is 4.98 Å². The molecule has 0 bridgehead atoms. The molecule has 0 aliphatic heterocycles. The quantitative estimate of drug-likeness (QED) is 0.779. The van der Waals surface area contributed by atoms with Crippen LogP contribution in [0.15, 0.2) is 8.83 Å². The van der Waals surface area contributed by atoms with Gasteiger partial charge < -0.3 is 14.6 Å². The van der Waals surface area contributed by atoms with Crippen LogP contribution in [-0.2, 0) is 0 Å². The lowest BCUT2D eigenvalue weighted by molar-refractivity contribution is 0.473. The summed E-state index contributed by atoms with van der Waals surface area (Å²) in [5.74, 6) is 1.95. The number of aromatic nitrogens is 1. The van der Waals surface area contributed by atoms with Crippen molar-refractivity contribution in [3.05, 3.63) is 11.7 Å². The van der Waals surface area contributed by atoms with Gasteiger partial charge in [-0.2, -0.15) is 4.98 Å². The van der Waals surface area contributed by atoms with Crippen LogP contribution in [0, 0.1) is 6.92 Å². The summed E-state index contributed by atoms with van der Waals surface area (Å²) in [6, 6.07) is 0. The van der Waals surface area contributed by atoms with Crippen LogP contribution in [0.2, 0.25) is 0 Å². The number of aryl methyl sites for hydroxylation is 1. The van der Waals surface area contributed by atoms with Crippen LogP contribution in [0.4, 0.5) is 5.69 Å². The van der Waals surface area contributed by atoms with E-state index in [4.69, 9.17) is 14.6 Å². The van der Waals surface area contributed by atoms with Gasteiger partial charge in [0, 0.05) is 5.92 Å². The van der Waals surface area contributed by atoms with E-state index in [0.29, 0.717) is 28.7 Å². The predicted octanol–water partition coefficient (Wildman–Crippen LogP) is 2.97. The van der Waals surface area contributed by atoms with Gasteiger partial charge in [0.25, 0.3) is 5.71 Å². The van der Waals surface area contributed by atoms with Crippen molar-refractivity contribution < 1.29 is 8.83 Å². The van der Waals surface area contributed by atoms with E-state index in [2.05, 4.69) is 4.98 Å². The Kier molecular flexibility index (Phi) is 1.78. The van der Waals surface area contributed by atoms with E-state index in [1.807, 2.05) is 6.92 Å². The highest BCUT2D eigenvalue weighted by Crippen LogP contribution is 2.37. The lowest BCUT2D eigenvalue weighted by Crippen LogP contribution is -1.91. The third-order valence-corrected chi connectivity index (χ3v) is 3.19. The SMILES string of the molecule is Cc1oc2nc(C3CCCC3)oc2c1N. The van der Waals surface area contributed by atoms with Gasteiger partial charge in [-0.15, -0.1) is 0 Å². The van der Waals surface area contributed by atoms with E-state index < -0.39 is 0 Å². The summed E-state index contributed by atoms with van der Waals surface area (Å²) in [5.41, 5.74) is 7.58. The lowest BCUT2D eigenvalue weighted by atomic mass is 10.1. The summed E-state index contributed by atoms with van der Waals surface area (Å²) in [4.78, 5) is 4.36. The molecule has 15 heavy (non-hydrogen) atoms. The standard InChI is InChI=1S/C11H14N2O2/c1-6-8(12)9-11(14-6)13-10(15-9)7-4-2-3-5-7/h7H,2-5,12H2,1H3. The zero-order valence-corrected chi connectivity index (χ0v) is 8.75. The van der Waals surface area contributed by atoms with Gasteiger partial charge in [-0.1, -0.05) is 12.8 Å². The average molecular weight is 206 g/mol. The monoisotopic (exact) mass is 206 g/mol. The lowest BCUT2D eigenvalue weighted by Gasteiger charge is -2.00. The van der Waals surface area contributed by atoms with Crippen LogP contribution in [-0.4, -0.2) is 4.98 Å². The summed E-state index contributed by atoms with van der Waals surface area (Å²) in [7, 11) is 0. The largest absolute Gasteiger partial charge is 0.438 e. The summed E-state index contributed by atoms with van der Waals surface area (Å²) >= 11 is 0. The van der Waals surface area contributed by atoms with Crippen molar-refractivity contribution in [2.75, 3.05) is 5.73 Å². The second-order valence-corrected chi connectivity index (χ2v) is 4.24. The molecule has 0 saturated heterocycles. The van der Waals surface area contributed by atoms with Crippen LogP contribution in [0.3, 0.4) is 0 Å². The van der Waals surface area contributed by atoms with Crippen LogP contribution >= 0.6 is 0 Å². The Balaban J connectivity index is 2.06. The fourth-order valence-corrected chi connectivity index (χ4v) is 2.27. The first kappa shape index (κ1) is 8.83. The number of nitrogens with zero attached hydrogens (tertiary/aromatic N) is 1. The maximum absolute atomic E-state index is 5.82. The molecule has 1 fully saturated rings. The summed E-state index contributed by atoms with van der Waals surface area (Å²) in [6.45, 7) is 1.82. The Labute approximate surface area is 87.4 Å². The number of hydrogen-bond acceptors (Lipinski definition) is 4. The molecule has 4 nitrogen and oxygen atoms in total. The number of fused-ring (bicyclic) bond motifs is 1. The maximum atomic E-state index is 5.82. The molecule has 2 aromatic rings. The van der Waals surface area contributed by atoms with Crippen molar-refractivity contribution >= 4 is 17.0 Å². The Hall–Kier alpha value is -1.45.